The van der Waals surface area contributed by atoms with E-state index >= 15 is 0 Å². The van der Waals surface area contributed by atoms with Crippen LogP contribution in [-0.2, 0) is 6.42 Å². The lowest BCUT2D eigenvalue weighted by atomic mass is 10.1. The van der Waals surface area contributed by atoms with Crippen LogP contribution in [0.3, 0.4) is 0 Å². The molecular formula is C12H14N4O2. The molecule has 94 valence electrons. The standard InChI is InChI=1S/C12H14N4O2/c17-7-10(6-9-4-2-1-3-5-9)15-12(18)11-13-8-14-16-11/h1-5,8,10,17H,6-7H2,(H,15,18)(H,13,14,16)/t10-/m0/s1. The first kappa shape index (κ1) is 12.3. The molecule has 18 heavy (non-hydrogen) atoms. The van der Waals surface area contributed by atoms with E-state index in [1.54, 1.807) is 0 Å². The predicted molar refractivity (Wildman–Crippen MR) is 64.9 cm³/mol. The molecule has 0 fully saturated rings. The van der Waals surface area contributed by atoms with Gasteiger partial charge in [0.25, 0.3) is 5.91 Å². The number of aromatic nitrogens is 3. The van der Waals surface area contributed by atoms with Crippen molar-refractivity contribution in [3.8, 4) is 0 Å². The minimum absolute atomic E-state index is 0.130. The van der Waals surface area contributed by atoms with Crippen LogP contribution in [0, 0.1) is 0 Å². The number of rotatable bonds is 5. The average Bonchev–Trinajstić information content (AvgIpc) is 2.93. The maximum atomic E-state index is 11.7. The molecule has 0 aliphatic rings. The van der Waals surface area contributed by atoms with Gasteiger partial charge in [-0.1, -0.05) is 30.3 Å². The van der Waals surface area contributed by atoms with E-state index in [0.717, 1.165) is 5.56 Å². The van der Waals surface area contributed by atoms with E-state index in [0.29, 0.717) is 6.42 Å². The predicted octanol–water partition coefficient (Wildman–Crippen LogP) is 0.138. The third-order valence-electron chi connectivity index (χ3n) is 2.51. The van der Waals surface area contributed by atoms with Gasteiger partial charge in [-0.2, -0.15) is 5.10 Å². The first-order valence-electron chi connectivity index (χ1n) is 5.60. The lowest BCUT2D eigenvalue weighted by Gasteiger charge is -2.15. The van der Waals surface area contributed by atoms with Crippen molar-refractivity contribution < 1.29 is 9.90 Å². The Morgan fingerprint density at radius 2 is 2.17 bits per heavy atom. The van der Waals surface area contributed by atoms with Gasteiger partial charge in [0.1, 0.15) is 6.33 Å². The Hall–Kier alpha value is -2.21. The van der Waals surface area contributed by atoms with Gasteiger partial charge in [-0.25, -0.2) is 4.98 Å². The summed E-state index contributed by atoms with van der Waals surface area (Å²) >= 11 is 0. The minimum atomic E-state index is -0.373. The van der Waals surface area contributed by atoms with Crippen LogP contribution in [0.5, 0.6) is 0 Å². The molecule has 1 amide bonds. The molecular weight excluding hydrogens is 232 g/mol. The molecule has 0 unspecified atom stereocenters. The highest BCUT2D eigenvalue weighted by atomic mass is 16.3. The maximum absolute atomic E-state index is 11.7. The summed E-state index contributed by atoms with van der Waals surface area (Å²) in [6, 6.07) is 9.31. The zero-order chi connectivity index (χ0) is 12.8. The van der Waals surface area contributed by atoms with Gasteiger partial charge in [-0.3, -0.25) is 9.89 Å². The van der Waals surface area contributed by atoms with Crippen molar-refractivity contribution in [1.29, 1.82) is 0 Å². The van der Waals surface area contributed by atoms with Crippen LogP contribution in [0.25, 0.3) is 0 Å². The van der Waals surface area contributed by atoms with E-state index in [1.165, 1.54) is 6.33 Å². The number of carbonyl (C=O) groups is 1. The fourth-order valence-corrected chi connectivity index (χ4v) is 1.63. The topological polar surface area (TPSA) is 90.9 Å². The van der Waals surface area contributed by atoms with Crippen molar-refractivity contribution in [1.82, 2.24) is 20.5 Å². The van der Waals surface area contributed by atoms with Crippen LogP contribution < -0.4 is 5.32 Å². The number of aliphatic hydroxyl groups excluding tert-OH is 1. The van der Waals surface area contributed by atoms with E-state index < -0.39 is 0 Å². The van der Waals surface area contributed by atoms with E-state index in [1.807, 2.05) is 30.3 Å². The Bertz CT molecular complexity index is 484. The molecule has 2 aromatic rings. The molecule has 6 nitrogen and oxygen atoms in total. The van der Waals surface area contributed by atoms with Crippen LogP contribution in [0.15, 0.2) is 36.7 Å². The second kappa shape index (κ2) is 5.92. The van der Waals surface area contributed by atoms with Crippen LogP contribution in [0.4, 0.5) is 0 Å². The Kier molecular flexibility index (Phi) is 4.03. The molecule has 0 radical (unpaired) electrons. The number of aromatic amines is 1. The zero-order valence-electron chi connectivity index (χ0n) is 9.71. The molecule has 1 atom stereocenters. The monoisotopic (exact) mass is 246 g/mol. The van der Waals surface area contributed by atoms with Gasteiger partial charge in [-0.05, 0) is 12.0 Å². The number of nitrogens with zero attached hydrogens (tertiary/aromatic N) is 2. The van der Waals surface area contributed by atoms with E-state index in [9.17, 15) is 9.90 Å². The highest BCUT2D eigenvalue weighted by Gasteiger charge is 2.15. The summed E-state index contributed by atoms with van der Waals surface area (Å²) in [6.07, 6.45) is 1.83. The third-order valence-corrected chi connectivity index (χ3v) is 2.51. The number of hydrogen-bond acceptors (Lipinski definition) is 4. The molecule has 0 aliphatic heterocycles. The third kappa shape index (κ3) is 3.14. The fraction of sp³-hybridized carbons (Fsp3) is 0.250. The Balaban J connectivity index is 1.96. The van der Waals surface area contributed by atoms with Crippen molar-refractivity contribution in [3.63, 3.8) is 0 Å². The second-order valence-electron chi connectivity index (χ2n) is 3.88. The molecule has 6 heteroatoms. The number of amides is 1. The lowest BCUT2D eigenvalue weighted by molar-refractivity contribution is 0.0906. The van der Waals surface area contributed by atoms with E-state index in [-0.39, 0.29) is 24.4 Å². The fourth-order valence-electron chi connectivity index (χ4n) is 1.63. The van der Waals surface area contributed by atoms with Gasteiger partial charge in [0.05, 0.1) is 12.6 Å². The second-order valence-corrected chi connectivity index (χ2v) is 3.88. The smallest absolute Gasteiger partial charge is 0.288 e. The largest absolute Gasteiger partial charge is 0.394 e. The van der Waals surface area contributed by atoms with Gasteiger partial charge in [0, 0.05) is 0 Å². The van der Waals surface area contributed by atoms with Gasteiger partial charge in [0.15, 0.2) is 0 Å². The summed E-state index contributed by atoms with van der Waals surface area (Å²) in [5.41, 5.74) is 1.05. The maximum Gasteiger partial charge on any atom is 0.288 e. The van der Waals surface area contributed by atoms with Crippen molar-refractivity contribution in [2.45, 2.75) is 12.5 Å². The first-order chi connectivity index (χ1) is 8.79. The van der Waals surface area contributed by atoms with Crippen molar-refractivity contribution in [2.24, 2.45) is 0 Å². The summed E-state index contributed by atoms with van der Waals surface area (Å²) < 4.78 is 0. The molecule has 0 bridgehead atoms. The molecule has 2 rings (SSSR count). The van der Waals surface area contributed by atoms with Crippen LogP contribution in [0.2, 0.25) is 0 Å². The quantitative estimate of drug-likeness (QED) is 0.699. The summed E-state index contributed by atoms with van der Waals surface area (Å²) in [7, 11) is 0. The molecule has 0 saturated carbocycles. The Labute approximate surface area is 104 Å². The number of aliphatic hydroxyl groups is 1. The van der Waals surface area contributed by atoms with Crippen LogP contribution >= 0.6 is 0 Å². The zero-order valence-corrected chi connectivity index (χ0v) is 9.71. The average molecular weight is 246 g/mol. The highest BCUT2D eigenvalue weighted by Crippen LogP contribution is 2.03. The van der Waals surface area contributed by atoms with Crippen molar-refractivity contribution >= 4 is 5.91 Å². The van der Waals surface area contributed by atoms with Gasteiger partial charge >= 0.3 is 0 Å². The van der Waals surface area contributed by atoms with Gasteiger partial charge < -0.3 is 10.4 Å². The molecule has 1 aromatic heterocycles. The summed E-state index contributed by atoms with van der Waals surface area (Å²) in [6.45, 7) is -0.130. The summed E-state index contributed by atoms with van der Waals surface area (Å²) in [5.74, 6) is -0.232. The van der Waals surface area contributed by atoms with Gasteiger partial charge in [-0.15, -0.1) is 0 Å². The SMILES string of the molecule is O=C(N[C@H](CO)Cc1ccccc1)c1ncn[nH]1. The van der Waals surface area contributed by atoms with Crippen LogP contribution in [0.1, 0.15) is 16.2 Å². The molecule has 0 spiro atoms. The number of hydrogen-bond donors (Lipinski definition) is 3. The van der Waals surface area contributed by atoms with Crippen LogP contribution in [-0.4, -0.2) is 38.8 Å². The Morgan fingerprint density at radius 1 is 1.39 bits per heavy atom. The number of nitrogens with one attached hydrogen (secondary N) is 2. The van der Waals surface area contributed by atoms with E-state index in [4.69, 9.17) is 0 Å². The van der Waals surface area contributed by atoms with Crippen molar-refractivity contribution in [3.05, 3.63) is 48.0 Å². The summed E-state index contributed by atoms with van der Waals surface area (Å²) in [5, 5.41) is 18.0. The van der Waals surface area contributed by atoms with Crippen molar-refractivity contribution in [2.75, 3.05) is 6.61 Å². The molecule has 1 heterocycles. The normalized spacial score (nSPS) is 12.1. The number of carbonyl (C=O) groups excluding carboxylic acids is 1. The molecule has 1 aromatic carbocycles. The van der Waals surface area contributed by atoms with Gasteiger partial charge in [0.2, 0.25) is 5.82 Å². The summed E-state index contributed by atoms with van der Waals surface area (Å²) in [4.78, 5) is 15.5. The Morgan fingerprint density at radius 3 is 2.78 bits per heavy atom. The van der Waals surface area contributed by atoms with E-state index in [2.05, 4.69) is 20.5 Å². The molecule has 3 N–H and O–H groups in total. The highest BCUT2D eigenvalue weighted by molar-refractivity contribution is 5.90. The first-order valence-corrected chi connectivity index (χ1v) is 5.60. The number of benzene rings is 1. The molecule has 0 aliphatic carbocycles. The minimum Gasteiger partial charge on any atom is -0.394 e. The lowest BCUT2D eigenvalue weighted by Crippen LogP contribution is -2.39. The molecule has 0 saturated heterocycles. The number of H-pyrrole nitrogens is 1.